The van der Waals surface area contributed by atoms with Crippen LogP contribution in [0.2, 0.25) is 0 Å². The van der Waals surface area contributed by atoms with Crippen LogP contribution < -0.4 is 5.32 Å². The molecule has 1 N–H and O–H groups in total. The second-order valence-corrected chi connectivity index (χ2v) is 5.69. The summed E-state index contributed by atoms with van der Waals surface area (Å²) in [6, 6.07) is 10.1. The Morgan fingerprint density at radius 2 is 1.71 bits per heavy atom. The molecule has 0 aliphatic carbocycles. The van der Waals surface area contributed by atoms with Crippen molar-refractivity contribution in [3.63, 3.8) is 0 Å². The number of amides is 1. The summed E-state index contributed by atoms with van der Waals surface area (Å²) < 4.78 is 0. The molecule has 0 atom stereocenters. The van der Waals surface area contributed by atoms with Gasteiger partial charge in [0.25, 0.3) is 0 Å². The van der Waals surface area contributed by atoms with E-state index in [9.17, 15) is 4.79 Å². The Morgan fingerprint density at radius 1 is 1.12 bits per heavy atom. The van der Waals surface area contributed by atoms with E-state index in [1.807, 2.05) is 50.8 Å². The Morgan fingerprint density at radius 3 is 2.18 bits per heavy atom. The van der Waals surface area contributed by atoms with Gasteiger partial charge in [-0.15, -0.1) is 0 Å². The van der Waals surface area contributed by atoms with Crippen LogP contribution in [0.15, 0.2) is 30.3 Å². The van der Waals surface area contributed by atoms with Crippen molar-refractivity contribution in [2.45, 2.75) is 45.4 Å². The molecule has 1 aromatic rings. The van der Waals surface area contributed by atoms with Gasteiger partial charge in [0.1, 0.15) is 0 Å². The molecule has 3 nitrogen and oxygen atoms in total. The lowest BCUT2D eigenvalue weighted by molar-refractivity contribution is -0.134. The fourth-order valence-electron chi connectivity index (χ4n) is 2.51. The first-order valence-corrected chi connectivity index (χ1v) is 5.98. The number of nitrogens with zero attached hydrogens (tertiary/aromatic N) is 1. The van der Waals surface area contributed by atoms with Crippen LogP contribution in [0.3, 0.4) is 0 Å². The van der Waals surface area contributed by atoms with Gasteiger partial charge in [0, 0.05) is 6.54 Å². The molecule has 0 unspecified atom stereocenters. The maximum Gasteiger partial charge on any atom is 0.244 e. The van der Waals surface area contributed by atoms with Crippen molar-refractivity contribution in [2.75, 3.05) is 0 Å². The second kappa shape index (κ2) is 3.84. The summed E-state index contributed by atoms with van der Waals surface area (Å²) in [5.41, 5.74) is 0.391. The topological polar surface area (TPSA) is 32.3 Å². The van der Waals surface area contributed by atoms with Crippen LogP contribution in [0.5, 0.6) is 0 Å². The number of carbonyl (C=O) groups excluding carboxylic acids is 1. The van der Waals surface area contributed by atoms with Gasteiger partial charge in [0.15, 0.2) is 0 Å². The van der Waals surface area contributed by atoms with E-state index in [0.29, 0.717) is 6.54 Å². The first kappa shape index (κ1) is 12.1. The molecule has 2 rings (SSSR count). The van der Waals surface area contributed by atoms with Crippen molar-refractivity contribution in [1.82, 2.24) is 10.2 Å². The maximum atomic E-state index is 12.3. The fraction of sp³-hybridized carbons (Fsp3) is 0.500. The van der Waals surface area contributed by atoms with Crippen molar-refractivity contribution in [3.8, 4) is 0 Å². The number of benzene rings is 1. The molecule has 0 radical (unpaired) electrons. The summed E-state index contributed by atoms with van der Waals surface area (Å²) in [6.45, 7) is 8.61. The molecule has 1 heterocycles. The molecule has 92 valence electrons. The van der Waals surface area contributed by atoms with E-state index in [0.717, 1.165) is 5.56 Å². The largest absolute Gasteiger partial charge is 0.319 e. The van der Waals surface area contributed by atoms with Gasteiger partial charge in [-0.1, -0.05) is 30.3 Å². The van der Waals surface area contributed by atoms with Crippen molar-refractivity contribution in [3.05, 3.63) is 35.9 Å². The van der Waals surface area contributed by atoms with Gasteiger partial charge >= 0.3 is 0 Å². The van der Waals surface area contributed by atoms with Gasteiger partial charge in [0.2, 0.25) is 5.91 Å². The first-order valence-electron chi connectivity index (χ1n) is 5.98. The van der Waals surface area contributed by atoms with E-state index in [1.54, 1.807) is 0 Å². The van der Waals surface area contributed by atoms with Crippen LogP contribution in [0.25, 0.3) is 0 Å². The van der Waals surface area contributed by atoms with Crippen LogP contribution >= 0.6 is 0 Å². The SMILES string of the molecule is CC1(C)NC(C)(C)N(Cc2ccccc2)C1=O. The second-order valence-electron chi connectivity index (χ2n) is 5.69. The Hall–Kier alpha value is -1.35. The first-order chi connectivity index (χ1) is 7.83. The molecule has 1 aromatic carbocycles. The quantitative estimate of drug-likeness (QED) is 0.847. The summed E-state index contributed by atoms with van der Waals surface area (Å²) in [6.07, 6.45) is 0. The zero-order chi connectivity index (χ0) is 12.7. The van der Waals surface area contributed by atoms with Crippen LogP contribution in [0.1, 0.15) is 33.3 Å². The third-order valence-corrected chi connectivity index (χ3v) is 3.26. The highest BCUT2D eigenvalue weighted by Crippen LogP contribution is 2.29. The standard InChI is InChI=1S/C14H20N2O/c1-13(2)12(17)16(14(3,4)15-13)10-11-8-6-5-7-9-11/h5-9,15H,10H2,1-4H3. The number of carbonyl (C=O) groups is 1. The molecular weight excluding hydrogens is 212 g/mol. The normalized spacial score (nSPS) is 21.9. The van der Waals surface area contributed by atoms with E-state index < -0.39 is 5.54 Å². The summed E-state index contributed by atoms with van der Waals surface area (Å²) in [5, 5.41) is 3.37. The Kier molecular flexibility index (Phi) is 2.74. The van der Waals surface area contributed by atoms with Crippen LogP contribution in [-0.4, -0.2) is 22.0 Å². The molecule has 1 aliphatic heterocycles. The summed E-state index contributed by atoms with van der Waals surface area (Å²) in [5.74, 6) is 0.159. The third kappa shape index (κ3) is 2.20. The van der Waals surface area contributed by atoms with Crippen LogP contribution in [0, 0.1) is 0 Å². The predicted octanol–water partition coefficient (Wildman–Crippen LogP) is 2.13. The van der Waals surface area contributed by atoms with E-state index in [2.05, 4.69) is 17.4 Å². The highest BCUT2D eigenvalue weighted by Gasteiger charge is 2.48. The minimum absolute atomic E-state index is 0.159. The lowest BCUT2D eigenvalue weighted by atomic mass is 10.1. The van der Waals surface area contributed by atoms with E-state index in [4.69, 9.17) is 0 Å². The average molecular weight is 232 g/mol. The minimum atomic E-state index is -0.474. The van der Waals surface area contributed by atoms with Crippen molar-refractivity contribution >= 4 is 5.91 Å². The monoisotopic (exact) mass is 232 g/mol. The Labute approximate surface area is 103 Å². The molecule has 3 heteroatoms. The Bertz CT molecular complexity index is 423. The van der Waals surface area contributed by atoms with Crippen molar-refractivity contribution in [1.29, 1.82) is 0 Å². The smallest absolute Gasteiger partial charge is 0.244 e. The van der Waals surface area contributed by atoms with Crippen LogP contribution in [0.4, 0.5) is 0 Å². The molecule has 0 bridgehead atoms. The number of rotatable bonds is 2. The van der Waals surface area contributed by atoms with E-state index in [1.165, 1.54) is 0 Å². The fourth-order valence-corrected chi connectivity index (χ4v) is 2.51. The van der Waals surface area contributed by atoms with Gasteiger partial charge in [0.05, 0.1) is 11.2 Å². The molecule has 0 saturated carbocycles. The highest BCUT2D eigenvalue weighted by molar-refractivity contribution is 5.88. The highest BCUT2D eigenvalue weighted by atomic mass is 16.2. The number of hydrogen-bond acceptors (Lipinski definition) is 2. The van der Waals surface area contributed by atoms with Crippen molar-refractivity contribution in [2.24, 2.45) is 0 Å². The predicted molar refractivity (Wildman–Crippen MR) is 68.3 cm³/mol. The molecule has 0 spiro atoms. The van der Waals surface area contributed by atoms with E-state index in [-0.39, 0.29) is 11.6 Å². The molecule has 1 aliphatic rings. The van der Waals surface area contributed by atoms with Gasteiger partial charge in [-0.25, -0.2) is 0 Å². The third-order valence-electron chi connectivity index (χ3n) is 3.26. The average Bonchev–Trinajstić information content (AvgIpc) is 2.38. The molecule has 1 fully saturated rings. The number of nitrogens with one attached hydrogen (secondary N) is 1. The van der Waals surface area contributed by atoms with Gasteiger partial charge in [-0.3, -0.25) is 10.1 Å². The summed E-state index contributed by atoms with van der Waals surface area (Å²) in [7, 11) is 0. The molecule has 0 aromatic heterocycles. The molecule has 1 saturated heterocycles. The lowest BCUT2D eigenvalue weighted by Crippen LogP contribution is -2.48. The summed E-state index contributed by atoms with van der Waals surface area (Å²) in [4.78, 5) is 14.2. The van der Waals surface area contributed by atoms with Gasteiger partial charge < -0.3 is 4.90 Å². The molecule has 1 amide bonds. The maximum absolute atomic E-state index is 12.3. The van der Waals surface area contributed by atoms with E-state index >= 15 is 0 Å². The zero-order valence-corrected chi connectivity index (χ0v) is 10.9. The summed E-state index contributed by atoms with van der Waals surface area (Å²) >= 11 is 0. The Balaban J connectivity index is 2.24. The van der Waals surface area contributed by atoms with Crippen LogP contribution in [-0.2, 0) is 11.3 Å². The molecular formula is C14H20N2O. The van der Waals surface area contributed by atoms with Gasteiger partial charge in [-0.2, -0.15) is 0 Å². The van der Waals surface area contributed by atoms with Crippen molar-refractivity contribution < 1.29 is 4.79 Å². The number of hydrogen-bond donors (Lipinski definition) is 1. The lowest BCUT2D eigenvalue weighted by Gasteiger charge is -2.31. The zero-order valence-electron chi connectivity index (χ0n) is 10.9. The minimum Gasteiger partial charge on any atom is -0.319 e. The molecule has 17 heavy (non-hydrogen) atoms. The van der Waals surface area contributed by atoms with Gasteiger partial charge in [-0.05, 0) is 33.3 Å².